The van der Waals surface area contributed by atoms with Gasteiger partial charge in [-0.2, -0.15) is 0 Å². The predicted octanol–water partition coefficient (Wildman–Crippen LogP) is 0.300. The van der Waals surface area contributed by atoms with Gasteiger partial charge in [0.25, 0.3) is 0 Å². The van der Waals surface area contributed by atoms with Crippen LogP contribution in [0.15, 0.2) is 0 Å². The molecule has 1 aliphatic carbocycles. The number of hydrogen-bond donors (Lipinski definition) is 1. The minimum atomic E-state index is 0.490. The molecule has 0 bridgehead atoms. The van der Waals surface area contributed by atoms with Crippen molar-refractivity contribution < 1.29 is 0 Å². The van der Waals surface area contributed by atoms with Gasteiger partial charge in [-0.3, -0.25) is 0 Å². The van der Waals surface area contributed by atoms with Crippen LogP contribution in [0.5, 0.6) is 0 Å². The molecule has 0 amide bonds. The van der Waals surface area contributed by atoms with E-state index in [1.54, 1.807) is 0 Å². The third kappa shape index (κ3) is 1.66. The molecule has 0 aromatic carbocycles. The number of hydrogen-bond acceptors (Lipinski definition) is 2. The molecule has 0 aromatic rings. The first kappa shape index (κ1) is 7.03. The maximum Gasteiger partial charge on any atom is 0.0307 e. The summed E-state index contributed by atoms with van der Waals surface area (Å²) in [5.41, 5.74) is 0.490. The second-order valence-electron chi connectivity index (χ2n) is 3.27. The van der Waals surface area contributed by atoms with Gasteiger partial charge >= 0.3 is 0 Å². The third-order valence-corrected chi connectivity index (χ3v) is 2.00. The lowest BCUT2D eigenvalue weighted by Gasteiger charge is -2.18. The summed E-state index contributed by atoms with van der Waals surface area (Å²) in [7, 11) is 6.30. The van der Waals surface area contributed by atoms with Crippen LogP contribution >= 0.6 is 0 Å². The average molecular weight is 128 g/mol. The van der Waals surface area contributed by atoms with E-state index in [4.69, 9.17) is 0 Å². The molecule has 0 saturated heterocycles. The zero-order valence-electron chi connectivity index (χ0n) is 6.57. The van der Waals surface area contributed by atoms with Crippen molar-refractivity contribution in [3.8, 4) is 0 Å². The molecule has 0 atom stereocenters. The van der Waals surface area contributed by atoms with Gasteiger partial charge in [0.05, 0.1) is 0 Å². The Hall–Kier alpha value is -0.0800. The van der Waals surface area contributed by atoms with E-state index in [2.05, 4.69) is 31.4 Å². The Kier molecular flexibility index (Phi) is 1.78. The van der Waals surface area contributed by atoms with Crippen molar-refractivity contribution in [2.75, 3.05) is 27.7 Å². The van der Waals surface area contributed by atoms with Crippen LogP contribution in [0.1, 0.15) is 12.8 Å². The highest BCUT2D eigenvalue weighted by atomic mass is 15.1. The van der Waals surface area contributed by atoms with Crippen molar-refractivity contribution in [3.63, 3.8) is 0 Å². The Labute approximate surface area is 57.2 Å². The maximum atomic E-state index is 3.34. The highest BCUT2D eigenvalue weighted by Gasteiger charge is 2.40. The maximum absolute atomic E-state index is 3.34. The van der Waals surface area contributed by atoms with Crippen LogP contribution in [0.3, 0.4) is 0 Å². The second-order valence-corrected chi connectivity index (χ2v) is 3.27. The molecule has 0 aliphatic heterocycles. The fourth-order valence-electron chi connectivity index (χ4n) is 1.24. The molecule has 2 nitrogen and oxygen atoms in total. The summed E-state index contributed by atoms with van der Waals surface area (Å²) in [4.78, 5) is 2.24. The smallest absolute Gasteiger partial charge is 0.0307 e. The highest BCUT2D eigenvalue weighted by molar-refractivity contribution is 5.02. The zero-order chi connectivity index (χ0) is 6.91. The van der Waals surface area contributed by atoms with Crippen LogP contribution < -0.4 is 5.32 Å². The topological polar surface area (TPSA) is 15.3 Å². The first-order chi connectivity index (χ1) is 4.18. The minimum Gasteiger partial charge on any atom is -0.313 e. The molecular weight excluding hydrogens is 112 g/mol. The molecule has 0 radical (unpaired) electrons. The molecular formula is C7H16N2. The summed E-state index contributed by atoms with van der Waals surface area (Å²) >= 11 is 0. The Morgan fingerprint density at radius 3 is 2.11 bits per heavy atom. The molecule has 1 fully saturated rings. The molecule has 1 rings (SSSR count). The first-order valence-electron chi connectivity index (χ1n) is 3.52. The number of likely N-dealkylation sites (N-methyl/N-ethyl adjacent to an activating group) is 2. The van der Waals surface area contributed by atoms with E-state index < -0.39 is 0 Å². The van der Waals surface area contributed by atoms with E-state index in [1.165, 1.54) is 19.4 Å². The fourth-order valence-corrected chi connectivity index (χ4v) is 1.24. The van der Waals surface area contributed by atoms with Crippen LogP contribution in [-0.2, 0) is 0 Å². The van der Waals surface area contributed by atoms with Crippen molar-refractivity contribution in [2.24, 2.45) is 0 Å². The zero-order valence-corrected chi connectivity index (χ0v) is 6.57. The quantitative estimate of drug-likeness (QED) is 0.588. The molecule has 0 aromatic heterocycles. The number of nitrogens with one attached hydrogen (secondary N) is 1. The van der Waals surface area contributed by atoms with Crippen LogP contribution in [0.4, 0.5) is 0 Å². The largest absolute Gasteiger partial charge is 0.313 e. The highest BCUT2D eigenvalue weighted by Crippen LogP contribution is 2.34. The van der Waals surface area contributed by atoms with Gasteiger partial charge in [0.15, 0.2) is 0 Å². The molecule has 9 heavy (non-hydrogen) atoms. The summed E-state index contributed by atoms with van der Waals surface area (Å²) in [6, 6.07) is 0. The van der Waals surface area contributed by atoms with Gasteiger partial charge in [-0.25, -0.2) is 0 Å². The van der Waals surface area contributed by atoms with Gasteiger partial charge in [-0.15, -0.1) is 0 Å². The summed E-state index contributed by atoms with van der Waals surface area (Å²) in [6.45, 7) is 1.18. The van der Waals surface area contributed by atoms with Crippen molar-refractivity contribution in [1.29, 1.82) is 0 Å². The standard InChI is InChI=1S/C7H16N2/c1-8-7(4-5-7)6-9(2)3/h8H,4-6H2,1-3H3. The van der Waals surface area contributed by atoms with Crippen molar-refractivity contribution in [1.82, 2.24) is 10.2 Å². The molecule has 0 unspecified atom stereocenters. The summed E-state index contributed by atoms with van der Waals surface area (Å²) < 4.78 is 0. The van der Waals surface area contributed by atoms with Gasteiger partial charge in [-0.1, -0.05) is 0 Å². The SMILES string of the molecule is CNC1(CN(C)C)CC1. The van der Waals surface area contributed by atoms with Crippen molar-refractivity contribution in [2.45, 2.75) is 18.4 Å². The van der Waals surface area contributed by atoms with Crippen molar-refractivity contribution in [3.05, 3.63) is 0 Å². The first-order valence-corrected chi connectivity index (χ1v) is 3.52. The Morgan fingerprint density at radius 2 is 2.00 bits per heavy atom. The van der Waals surface area contributed by atoms with E-state index in [0.717, 1.165) is 0 Å². The Bertz CT molecular complexity index is 95.1. The van der Waals surface area contributed by atoms with Gasteiger partial charge in [-0.05, 0) is 34.0 Å². The second kappa shape index (κ2) is 2.27. The Morgan fingerprint density at radius 1 is 1.44 bits per heavy atom. The van der Waals surface area contributed by atoms with Gasteiger partial charge in [0, 0.05) is 12.1 Å². The van der Waals surface area contributed by atoms with Gasteiger partial charge in [0.2, 0.25) is 0 Å². The summed E-state index contributed by atoms with van der Waals surface area (Å²) in [6.07, 6.45) is 2.70. The minimum absolute atomic E-state index is 0.490. The summed E-state index contributed by atoms with van der Waals surface area (Å²) in [5.74, 6) is 0. The van der Waals surface area contributed by atoms with Gasteiger partial charge in [0.1, 0.15) is 0 Å². The fraction of sp³-hybridized carbons (Fsp3) is 1.00. The molecule has 1 saturated carbocycles. The lowest BCUT2D eigenvalue weighted by atomic mass is 10.3. The molecule has 1 aliphatic rings. The molecule has 0 heterocycles. The molecule has 0 spiro atoms. The molecule has 2 heteroatoms. The van der Waals surface area contributed by atoms with E-state index in [9.17, 15) is 0 Å². The van der Waals surface area contributed by atoms with Crippen molar-refractivity contribution >= 4 is 0 Å². The van der Waals surface area contributed by atoms with E-state index in [-0.39, 0.29) is 0 Å². The van der Waals surface area contributed by atoms with Gasteiger partial charge < -0.3 is 10.2 Å². The average Bonchev–Trinajstić information content (AvgIpc) is 2.48. The van der Waals surface area contributed by atoms with E-state index >= 15 is 0 Å². The van der Waals surface area contributed by atoms with E-state index in [1.807, 2.05) is 0 Å². The number of rotatable bonds is 3. The van der Waals surface area contributed by atoms with Crippen LogP contribution in [0.25, 0.3) is 0 Å². The summed E-state index contributed by atoms with van der Waals surface area (Å²) in [5, 5.41) is 3.34. The normalized spacial score (nSPS) is 22.7. The Balaban J connectivity index is 2.25. The molecule has 54 valence electrons. The lowest BCUT2D eigenvalue weighted by Crippen LogP contribution is -2.37. The van der Waals surface area contributed by atoms with Crippen LogP contribution in [0.2, 0.25) is 0 Å². The lowest BCUT2D eigenvalue weighted by molar-refractivity contribution is 0.336. The van der Waals surface area contributed by atoms with Crippen LogP contribution in [0, 0.1) is 0 Å². The monoisotopic (exact) mass is 128 g/mol. The van der Waals surface area contributed by atoms with Crippen LogP contribution in [-0.4, -0.2) is 38.1 Å². The third-order valence-electron chi connectivity index (χ3n) is 2.00. The molecule has 1 N–H and O–H groups in total. The predicted molar refractivity (Wildman–Crippen MR) is 39.6 cm³/mol. The number of nitrogens with zero attached hydrogens (tertiary/aromatic N) is 1. The van der Waals surface area contributed by atoms with E-state index in [0.29, 0.717) is 5.54 Å².